The number of nitrogens with two attached hydrogens (primary N) is 1. The van der Waals surface area contributed by atoms with E-state index in [0.29, 0.717) is 0 Å². The van der Waals surface area contributed by atoms with Crippen LogP contribution in [-0.4, -0.2) is 6.04 Å². The molecule has 0 bridgehead atoms. The molecule has 98 valence electrons. The summed E-state index contributed by atoms with van der Waals surface area (Å²) in [7, 11) is 0. The zero-order valence-corrected chi connectivity index (χ0v) is 12.7. The molecule has 0 aliphatic carbocycles. The van der Waals surface area contributed by atoms with E-state index < -0.39 is 0 Å². The van der Waals surface area contributed by atoms with Gasteiger partial charge in [-0.15, -0.1) is 0 Å². The van der Waals surface area contributed by atoms with Crippen molar-refractivity contribution in [3.8, 4) is 0 Å². The highest BCUT2D eigenvalue weighted by atomic mass is 14.7. The lowest BCUT2D eigenvalue weighted by atomic mass is 9.65. The molecule has 2 N–H and O–H groups in total. The minimum Gasteiger partial charge on any atom is -0.327 e. The van der Waals surface area contributed by atoms with Crippen LogP contribution in [0, 0.1) is 22.7 Å². The zero-order chi connectivity index (χ0) is 13.1. The monoisotopic (exact) mass is 227 g/mol. The predicted molar refractivity (Wildman–Crippen MR) is 74.4 cm³/mol. The lowest BCUT2D eigenvalue weighted by molar-refractivity contribution is 0.103. The van der Waals surface area contributed by atoms with Crippen LogP contribution in [0.25, 0.3) is 0 Å². The van der Waals surface area contributed by atoms with Crippen LogP contribution in [0.4, 0.5) is 0 Å². The van der Waals surface area contributed by atoms with Crippen LogP contribution in [0.15, 0.2) is 0 Å². The van der Waals surface area contributed by atoms with Gasteiger partial charge in [-0.2, -0.15) is 0 Å². The molecule has 0 unspecified atom stereocenters. The van der Waals surface area contributed by atoms with Gasteiger partial charge in [0.05, 0.1) is 0 Å². The molecule has 0 aliphatic rings. The second kappa shape index (κ2) is 5.53. The number of hydrogen-bond donors (Lipinski definition) is 1. The molecule has 0 rings (SSSR count). The molecular weight excluding hydrogens is 194 g/mol. The van der Waals surface area contributed by atoms with Crippen molar-refractivity contribution >= 4 is 0 Å². The van der Waals surface area contributed by atoms with Crippen LogP contribution in [0.5, 0.6) is 0 Å². The summed E-state index contributed by atoms with van der Waals surface area (Å²) in [5.74, 6) is 1.44. The first-order valence-corrected chi connectivity index (χ1v) is 6.74. The van der Waals surface area contributed by atoms with Crippen LogP contribution in [0.1, 0.15) is 68.2 Å². The Morgan fingerprint density at radius 2 is 1.00 bits per heavy atom. The van der Waals surface area contributed by atoms with Crippen molar-refractivity contribution in [2.24, 2.45) is 28.4 Å². The molecule has 0 atom stereocenters. The van der Waals surface area contributed by atoms with Crippen molar-refractivity contribution in [3.05, 3.63) is 0 Å². The SMILES string of the molecule is CC(C)CC(C)(C)C(N)C(C)(C)CC(C)C. The van der Waals surface area contributed by atoms with Gasteiger partial charge in [-0.3, -0.25) is 0 Å². The maximum Gasteiger partial charge on any atom is 0.0142 e. The van der Waals surface area contributed by atoms with Crippen molar-refractivity contribution in [3.63, 3.8) is 0 Å². The predicted octanol–water partition coefficient (Wildman–Crippen LogP) is 4.46. The van der Waals surface area contributed by atoms with Gasteiger partial charge in [0.1, 0.15) is 0 Å². The van der Waals surface area contributed by atoms with E-state index in [-0.39, 0.29) is 16.9 Å². The molecule has 0 fully saturated rings. The molecule has 0 spiro atoms. The highest BCUT2D eigenvalue weighted by Crippen LogP contribution is 2.40. The van der Waals surface area contributed by atoms with E-state index in [2.05, 4.69) is 55.4 Å². The minimum absolute atomic E-state index is 0.229. The summed E-state index contributed by atoms with van der Waals surface area (Å²) in [6, 6.07) is 0.268. The molecule has 1 heteroatoms. The molecule has 0 saturated heterocycles. The van der Waals surface area contributed by atoms with Crippen molar-refractivity contribution in [1.82, 2.24) is 0 Å². The van der Waals surface area contributed by atoms with Gasteiger partial charge in [-0.1, -0.05) is 55.4 Å². The first kappa shape index (κ1) is 16.0. The molecule has 16 heavy (non-hydrogen) atoms. The van der Waals surface area contributed by atoms with Crippen LogP contribution < -0.4 is 5.73 Å². The van der Waals surface area contributed by atoms with Crippen LogP contribution in [0.2, 0.25) is 0 Å². The normalized spacial score (nSPS) is 14.2. The molecule has 0 saturated carbocycles. The second-order valence-corrected chi connectivity index (χ2v) is 7.65. The van der Waals surface area contributed by atoms with E-state index in [1.165, 1.54) is 12.8 Å². The molecule has 0 heterocycles. The van der Waals surface area contributed by atoms with E-state index in [1.54, 1.807) is 0 Å². The smallest absolute Gasteiger partial charge is 0.0142 e. The highest BCUT2D eigenvalue weighted by molar-refractivity contribution is 4.93. The Morgan fingerprint density at radius 3 is 1.19 bits per heavy atom. The molecule has 0 aromatic heterocycles. The quantitative estimate of drug-likeness (QED) is 0.712. The van der Waals surface area contributed by atoms with Gasteiger partial charge < -0.3 is 5.73 Å². The van der Waals surface area contributed by atoms with Crippen molar-refractivity contribution in [2.45, 2.75) is 74.3 Å². The van der Waals surface area contributed by atoms with E-state index >= 15 is 0 Å². The summed E-state index contributed by atoms with van der Waals surface area (Å²) < 4.78 is 0. The fourth-order valence-electron chi connectivity index (χ4n) is 3.42. The first-order chi connectivity index (χ1) is 6.99. The van der Waals surface area contributed by atoms with Gasteiger partial charge in [-0.05, 0) is 35.5 Å². The summed E-state index contributed by atoms with van der Waals surface area (Å²) in [4.78, 5) is 0. The Balaban J connectivity index is 4.68. The third-order valence-electron chi connectivity index (χ3n) is 3.55. The maximum absolute atomic E-state index is 6.53. The highest BCUT2D eigenvalue weighted by Gasteiger charge is 2.38. The fraction of sp³-hybridized carbons (Fsp3) is 1.00. The molecule has 0 aromatic rings. The van der Waals surface area contributed by atoms with Crippen LogP contribution >= 0.6 is 0 Å². The number of hydrogen-bond acceptors (Lipinski definition) is 1. The third-order valence-corrected chi connectivity index (χ3v) is 3.55. The summed E-state index contributed by atoms with van der Waals surface area (Å²) >= 11 is 0. The van der Waals surface area contributed by atoms with Crippen LogP contribution in [-0.2, 0) is 0 Å². The number of rotatable bonds is 6. The Kier molecular flexibility index (Phi) is 5.52. The summed E-state index contributed by atoms with van der Waals surface area (Å²) in [5.41, 5.74) is 6.98. The third kappa shape index (κ3) is 4.86. The van der Waals surface area contributed by atoms with Gasteiger partial charge in [0.2, 0.25) is 0 Å². The Labute approximate surface area is 103 Å². The Hall–Kier alpha value is -0.0400. The van der Waals surface area contributed by atoms with Crippen molar-refractivity contribution in [1.29, 1.82) is 0 Å². The summed E-state index contributed by atoms with van der Waals surface area (Å²) in [6.07, 6.45) is 2.41. The van der Waals surface area contributed by atoms with Crippen LogP contribution in [0.3, 0.4) is 0 Å². The fourth-order valence-corrected chi connectivity index (χ4v) is 3.42. The molecule has 1 nitrogen and oxygen atoms in total. The van der Waals surface area contributed by atoms with Gasteiger partial charge in [0, 0.05) is 6.04 Å². The van der Waals surface area contributed by atoms with E-state index in [4.69, 9.17) is 5.73 Å². The van der Waals surface area contributed by atoms with E-state index in [1.807, 2.05) is 0 Å². The van der Waals surface area contributed by atoms with Gasteiger partial charge >= 0.3 is 0 Å². The standard InChI is InChI=1S/C15H33N/c1-11(2)9-14(5,6)13(16)15(7,8)10-12(3)4/h11-13H,9-10,16H2,1-8H3. The minimum atomic E-state index is 0.229. The second-order valence-electron chi connectivity index (χ2n) is 7.65. The maximum atomic E-state index is 6.53. The largest absolute Gasteiger partial charge is 0.327 e. The average Bonchev–Trinajstić information content (AvgIpc) is 1.97. The van der Waals surface area contributed by atoms with Crippen molar-refractivity contribution < 1.29 is 0 Å². The summed E-state index contributed by atoms with van der Waals surface area (Å²) in [6.45, 7) is 18.4. The van der Waals surface area contributed by atoms with E-state index in [0.717, 1.165) is 11.8 Å². The zero-order valence-electron chi connectivity index (χ0n) is 12.7. The first-order valence-electron chi connectivity index (χ1n) is 6.74. The topological polar surface area (TPSA) is 26.0 Å². The molecule has 0 radical (unpaired) electrons. The lowest BCUT2D eigenvalue weighted by Gasteiger charge is -2.44. The molecule has 0 aliphatic heterocycles. The average molecular weight is 227 g/mol. The van der Waals surface area contributed by atoms with Gasteiger partial charge in [0.25, 0.3) is 0 Å². The Bertz CT molecular complexity index is 179. The lowest BCUT2D eigenvalue weighted by Crippen LogP contribution is -2.49. The van der Waals surface area contributed by atoms with E-state index in [9.17, 15) is 0 Å². The molecular formula is C15H33N. The van der Waals surface area contributed by atoms with Crippen molar-refractivity contribution in [2.75, 3.05) is 0 Å². The molecule has 0 aromatic carbocycles. The van der Waals surface area contributed by atoms with Gasteiger partial charge in [0.15, 0.2) is 0 Å². The Morgan fingerprint density at radius 1 is 0.750 bits per heavy atom. The summed E-state index contributed by atoms with van der Waals surface area (Å²) in [5, 5.41) is 0. The van der Waals surface area contributed by atoms with Gasteiger partial charge in [-0.25, -0.2) is 0 Å². The molecule has 0 amide bonds.